The monoisotopic (exact) mass is 277 g/mol. The van der Waals surface area contributed by atoms with Crippen molar-refractivity contribution in [3.8, 4) is 5.75 Å². The van der Waals surface area contributed by atoms with Gasteiger partial charge in [0, 0.05) is 31.2 Å². The van der Waals surface area contributed by atoms with Crippen LogP contribution in [0.4, 0.5) is 0 Å². The van der Waals surface area contributed by atoms with Gasteiger partial charge in [0.25, 0.3) is 11.8 Å². The summed E-state index contributed by atoms with van der Waals surface area (Å²) in [5.41, 5.74) is 5.62. The van der Waals surface area contributed by atoms with E-state index in [2.05, 4.69) is 5.32 Å². The number of rotatable bonds is 4. The number of carbonyl (C=O) groups is 2. The summed E-state index contributed by atoms with van der Waals surface area (Å²) in [6, 6.07) is 6.93. The largest absolute Gasteiger partial charge is 0.484 e. The first-order valence-corrected chi connectivity index (χ1v) is 6.61. The first-order chi connectivity index (χ1) is 9.58. The number of amides is 2. The van der Waals surface area contributed by atoms with Gasteiger partial charge in [0.2, 0.25) is 0 Å². The molecule has 0 bridgehead atoms. The molecule has 1 aliphatic rings. The molecule has 1 aliphatic heterocycles. The third-order valence-corrected chi connectivity index (χ3v) is 3.24. The van der Waals surface area contributed by atoms with E-state index in [1.807, 2.05) is 11.8 Å². The van der Waals surface area contributed by atoms with Crippen LogP contribution in [-0.4, -0.2) is 49.0 Å². The van der Waals surface area contributed by atoms with Gasteiger partial charge in [-0.2, -0.15) is 0 Å². The van der Waals surface area contributed by atoms with E-state index in [0.29, 0.717) is 17.9 Å². The molecule has 1 saturated heterocycles. The third kappa shape index (κ3) is 3.48. The van der Waals surface area contributed by atoms with Crippen LogP contribution in [0.25, 0.3) is 0 Å². The molecule has 108 valence electrons. The summed E-state index contributed by atoms with van der Waals surface area (Å²) in [6.07, 6.45) is 0. The Morgan fingerprint density at radius 2 is 2.10 bits per heavy atom. The molecule has 1 aromatic rings. The molecule has 0 aliphatic carbocycles. The van der Waals surface area contributed by atoms with Crippen molar-refractivity contribution in [1.29, 1.82) is 0 Å². The maximum Gasteiger partial charge on any atom is 0.255 e. The van der Waals surface area contributed by atoms with Gasteiger partial charge in [-0.1, -0.05) is 0 Å². The van der Waals surface area contributed by atoms with Crippen LogP contribution in [0.2, 0.25) is 0 Å². The van der Waals surface area contributed by atoms with Crippen molar-refractivity contribution in [2.75, 3.05) is 26.2 Å². The van der Waals surface area contributed by atoms with Crippen molar-refractivity contribution in [3.63, 3.8) is 0 Å². The Labute approximate surface area is 117 Å². The van der Waals surface area contributed by atoms with Gasteiger partial charge in [-0.3, -0.25) is 9.59 Å². The Morgan fingerprint density at radius 1 is 1.40 bits per heavy atom. The van der Waals surface area contributed by atoms with Crippen LogP contribution in [-0.2, 0) is 4.79 Å². The molecule has 2 amide bonds. The average molecular weight is 277 g/mol. The van der Waals surface area contributed by atoms with E-state index in [0.717, 1.165) is 13.1 Å². The molecule has 0 aromatic heterocycles. The minimum atomic E-state index is -0.528. The van der Waals surface area contributed by atoms with E-state index < -0.39 is 5.91 Å². The van der Waals surface area contributed by atoms with Crippen molar-refractivity contribution in [1.82, 2.24) is 10.2 Å². The molecule has 1 unspecified atom stereocenters. The molecule has 1 atom stereocenters. The van der Waals surface area contributed by atoms with Gasteiger partial charge in [-0.05, 0) is 31.2 Å². The van der Waals surface area contributed by atoms with Gasteiger partial charge in [0.1, 0.15) is 5.75 Å². The molecule has 0 radical (unpaired) electrons. The lowest BCUT2D eigenvalue weighted by Gasteiger charge is -2.34. The molecule has 6 nitrogen and oxygen atoms in total. The van der Waals surface area contributed by atoms with Gasteiger partial charge in [0.15, 0.2) is 6.61 Å². The Kier molecular flexibility index (Phi) is 4.57. The van der Waals surface area contributed by atoms with E-state index in [4.69, 9.17) is 10.5 Å². The zero-order chi connectivity index (χ0) is 14.5. The molecule has 2 rings (SSSR count). The lowest BCUT2D eigenvalue weighted by atomic mass is 10.1. The number of ether oxygens (including phenoxy) is 1. The maximum absolute atomic E-state index is 12.4. The van der Waals surface area contributed by atoms with Gasteiger partial charge in [0.05, 0.1) is 0 Å². The third-order valence-electron chi connectivity index (χ3n) is 3.24. The normalized spacial score (nSPS) is 18.6. The predicted molar refractivity (Wildman–Crippen MR) is 74.5 cm³/mol. The SMILES string of the molecule is CC1CNCCN1C(=O)c1ccc(OCC(N)=O)cc1. The van der Waals surface area contributed by atoms with E-state index >= 15 is 0 Å². The van der Waals surface area contributed by atoms with Crippen LogP contribution in [0, 0.1) is 0 Å². The minimum Gasteiger partial charge on any atom is -0.484 e. The van der Waals surface area contributed by atoms with Crippen LogP contribution in [0.1, 0.15) is 17.3 Å². The fraction of sp³-hybridized carbons (Fsp3) is 0.429. The molecule has 1 heterocycles. The van der Waals surface area contributed by atoms with Crippen LogP contribution >= 0.6 is 0 Å². The van der Waals surface area contributed by atoms with E-state index in [1.165, 1.54) is 0 Å². The Hall–Kier alpha value is -2.08. The molecule has 1 aromatic carbocycles. The van der Waals surface area contributed by atoms with E-state index in [9.17, 15) is 9.59 Å². The van der Waals surface area contributed by atoms with Crippen molar-refractivity contribution in [2.45, 2.75) is 13.0 Å². The molecular weight excluding hydrogens is 258 g/mol. The standard InChI is InChI=1S/C14H19N3O3/c1-10-8-16-6-7-17(10)14(19)11-2-4-12(5-3-11)20-9-13(15)18/h2-5,10,16H,6-9H2,1H3,(H2,15,18). The van der Waals surface area contributed by atoms with Crippen LogP contribution in [0.3, 0.4) is 0 Å². The number of nitrogens with one attached hydrogen (secondary N) is 1. The zero-order valence-corrected chi connectivity index (χ0v) is 11.5. The summed E-state index contributed by atoms with van der Waals surface area (Å²) in [7, 11) is 0. The number of hydrogen-bond acceptors (Lipinski definition) is 4. The molecule has 20 heavy (non-hydrogen) atoms. The summed E-state index contributed by atoms with van der Waals surface area (Å²) < 4.78 is 5.16. The number of piperazine rings is 1. The Balaban J connectivity index is 2.01. The molecule has 6 heteroatoms. The summed E-state index contributed by atoms with van der Waals surface area (Å²) in [5, 5.41) is 3.25. The number of nitrogens with two attached hydrogens (primary N) is 1. The number of carbonyl (C=O) groups excluding carboxylic acids is 2. The van der Waals surface area contributed by atoms with Crippen LogP contribution < -0.4 is 15.8 Å². The van der Waals surface area contributed by atoms with Crippen molar-refractivity contribution in [2.24, 2.45) is 5.73 Å². The summed E-state index contributed by atoms with van der Waals surface area (Å²) in [4.78, 5) is 24.8. The maximum atomic E-state index is 12.4. The van der Waals surface area contributed by atoms with Gasteiger partial charge in [-0.25, -0.2) is 0 Å². The highest BCUT2D eigenvalue weighted by molar-refractivity contribution is 5.94. The first kappa shape index (κ1) is 14.3. The van der Waals surface area contributed by atoms with Gasteiger partial charge >= 0.3 is 0 Å². The summed E-state index contributed by atoms with van der Waals surface area (Å²) in [5.74, 6) is 0.00829. The number of hydrogen-bond donors (Lipinski definition) is 2. The number of benzene rings is 1. The summed E-state index contributed by atoms with van der Waals surface area (Å²) in [6.45, 7) is 4.19. The number of nitrogens with zero attached hydrogens (tertiary/aromatic N) is 1. The predicted octanol–water partition coefficient (Wildman–Crippen LogP) is -0.0154. The van der Waals surface area contributed by atoms with Crippen LogP contribution in [0.15, 0.2) is 24.3 Å². The quantitative estimate of drug-likeness (QED) is 0.810. The van der Waals surface area contributed by atoms with Crippen LogP contribution in [0.5, 0.6) is 5.75 Å². The molecule has 3 N–H and O–H groups in total. The Bertz CT molecular complexity index is 487. The highest BCUT2D eigenvalue weighted by atomic mass is 16.5. The van der Waals surface area contributed by atoms with Gasteiger partial charge in [-0.15, -0.1) is 0 Å². The Morgan fingerprint density at radius 3 is 2.70 bits per heavy atom. The second-order valence-electron chi connectivity index (χ2n) is 4.83. The lowest BCUT2D eigenvalue weighted by molar-refractivity contribution is -0.119. The topological polar surface area (TPSA) is 84.7 Å². The minimum absolute atomic E-state index is 0.0143. The molecule has 0 spiro atoms. The van der Waals surface area contributed by atoms with Crippen molar-refractivity contribution >= 4 is 11.8 Å². The molecule has 1 fully saturated rings. The fourth-order valence-corrected chi connectivity index (χ4v) is 2.16. The first-order valence-electron chi connectivity index (χ1n) is 6.61. The average Bonchev–Trinajstić information content (AvgIpc) is 2.45. The number of primary amides is 1. The van der Waals surface area contributed by atoms with E-state index in [1.54, 1.807) is 24.3 Å². The van der Waals surface area contributed by atoms with Crippen molar-refractivity contribution in [3.05, 3.63) is 29.8 Å². The van der Waals surface area contributed by atoms with Gasteiger partial charge < -0.3 is 20.7 Å². The zero-order valence-electron chi connectivity index (χ0n) is 11.5. The summed E-state index contributed by atoms with van der Waals surface area (Å²) >= 11 is 0. The van der Waals surface area contributed by atoms with Crippen molar-refractivity contribution < 1.29 is 14.3 Å². The molecular formula is C14H19N3O3. The fourth-order valence-electron chi connectivity index (χ4n) is 2.16. The van der Waals surface area contributed by atoms with E-state index in [-0.39, 0.29) is 18.6 Å². The highest BCUT2D eigenvalue weighted by Gasteiger charge is 2.23. The lowest BCUT2D eigenvalue weighted by Crippen LogP contribution is -2.52. The smallest absolute Gasteiger partial charge is 0.255 e. The highest BCUT2D eigenvalue weighted by Crippen LogP contribution is 2.15. The second kappa shape index (κ2) is 6.38. The molecule has 0 saturated carbocycles. The second-order valence-corrected chi connectivity index (χ2v) is 4.83.